The van der Waals surface area contributed by atoms with Crippen LogP contribution in [0.15, 0.2) is 36.5 Å². The number of hydrogen-bond acceptors (Lipinski definition) is 3. The molecule has 1 unspecified atom stereocenters. The monoisotopic (exact) mass is 442 g/mol. The molecule has 170 valence electrons. The lowest BCUT2D eigenvalue weighted by Gasteiger charge is -2.35. The molecule has 5 nitrogen and oxygen atoms in total. The van der Waals surface area contributed by atoms with E-state index in [0.29, 0.717) is 19.6 Å². The molecule has 0 saturated heterocycles. The van der Waals surface area contributed by atoms with Gasteiger partial charge in [0.15, 0.2) is 0 Å². The molecule has 1 atom stereocenters. The van der Waals surface area contributed by atoms with Crippen molar-refractivity contribution in [3.8, 4) is 11.5 Å². The van der Waals surface area contributed by atoms with Gasteiger partial charge in [-0.1, -0.05) is 13.0 Å². The number of benzene rings is 2. The van der Waals surface area contributed by atoms with Crippen molar-refractivity contribution < 1.29 is 23.0 Å². The number of H-pyrrole nitrogens is 1. The number of amides is 1. The fourth-order valence-corrected chi connectivity index (χ4v) is 4.65. The van der Waals surface area contributed by atoms with Gasteiger partial charge < -0.3 is 19.4 Å². The van der Waals surface area contributed by atoms with E-state index in [1.54, 1.807) is 12.1 Å². The Morgan fingerprint density at radius 3 is 2.78 bits per heavy atom. The molecule has 1 N–H and O–H groups in total. The quantitative estimate of drug-likeness (QED) is 0.450. The molecule has 4 rings (SSSR count). The molecule has 1 aliphatic heterocycles. The Morgan fingerprint density at radius 2 is 2.06 bits per heavy atom. The van der Waals surface area contributed by atoms with E-state index in [4.69, 9.17) is 4.74 Å². The van der Waals surface area contributed by atoms with Gasteiger partial charge in [0.1, 0.15) is 11.5 Å². The highest BCUT2D eigenvalue weighted by atomic mass is 19.3. The molecule has 1 aromatic heterocycles. The summed E-state index contributed by atoms with van der Waals surface area (Å²) in [5.41, 5.74) is 5.45. The highest BCUT2D eigenvalue weighted by Gasteiger charge is 2.28. The van der Waals surface area contributed by atoms with Crippen molar-refractivity contribution in [2.75, 3.05) is 13.2 Å². The van der Waals surface area contributed by atoms with Crippen molar-refractivity contribution >= 4 is 17.3 Å². The number of fused-ring (bicyclic) bond motifs is 2. The molecule has 0 saturated carbocycles. The molecule has 0 spiro atoms. The number of carbonyl (C=O) groups is 1. The molecule has 1 amide bonds. The maximum Gasteiger partial charge on any atom is 0.387 e. The third-order valence-electron chi connectivity index (χ3n) is 6.19. The third-order valence-corrected chi connectivity index (χ3v) is 6.19. The first-order chi connectivity index (χ1) is 15.5. The van der Waals surface area contributed by atoms with Crippen LogP contribution in [-0.2, 0) is 24.1 Å². The molecule has 2 heterocycles. The predicted octanol–water partition coefficient (Wildman–Crippen LogP) is 5.42. The average Bonchev–Trinajstić information content (AvgIpc) is 3.19. The van der Waals surface area contributed by atoms with E-state index in [1.165, 1.54) is 17.2 Å². The second-order valence-corrected chi connectivity index (χ2v) is 7.99. The Labute approximate surface area is 186 Å². The first kappa shape index (κ1) is 22.1. The van der Waals surface area contributed by atoms with E-state index in [-0.39, 0.29) is 11.8 Å². The highest BCUT2D eigenvalue weighted by molar-refractivity contribution is 5.84. The van der Waals surface area contributed by atoms with E-state index >= 15 is 0 Å². The van der Waals surface area contributed by atoms with Gasteiger partial charge >= 0.3 is 6.61 Å². The van der Waals surface area contributed by atoms with Crippen molar-refractivity contribution in [2.45, 2.75) is 52.2 Å². The zero-order valence-corrected chi connectivity index (χ0v) is 18.4. The number of alkyl halides is 2. The minimum Gasteiger partial charge on any atom is -0.494 e. The minimum atomic E-state index is -2.86. The second kappa shape index (κ2) is 9.59. The topological polar surface area (TPSA) is 54.6 Å². The number of rotatable bonds is 9. The zero-order chi connectivity index (χ0) is 22.7. The smallest absolute Gasteiger partial charge is 0.387 e. The first-order valence-electron chi connectivity index (χ1n) is 11.1. The van der Waals surface area contributed by atoms with Crippen LogP contribution in [0.3, 0.4) is 0 Å². The van der Waals surface area contributed by atoms with Crippen LogP contribution < -0.4 is 9.47 Å². The van der Waals surface area contributed by atoms with Gasteiger partial charge in [-0.15, -0.1) is 0 Å². The van der Waals surface area contributed by atoms with Crippen molar-refractivity contribution in [2.24, 2.45) is 0 Å². The van der Waals surface area contributed by atoms with Crippen molar-refractivity contribution in [1.29, 1.82) is 0 Å². The Bertz CT molecular complexity index is 1100. The van der Waals surface area contributed by atoms with Gasteiger partial charge in [0.25, 0.3) is 0 Å². The van der Waals surface area contributed by atoms with Crippen LogP contribution in [0.25, 0.3) is 10.9 Å². The summed E-state index contributed by atoms with van der Waals surface area (Å²) in [6.07, 6.45) is 5.94. The normalized spacial score (nSPS) is 15.8. The zero-order valence-electron chi connectivity index (χ0n) is 18.4. The summed E-state index contributed by atoms with van der Waals surface area (Å²) in [5, 5.41) is 0.855. The lowest BCUT2D eigenvalue weighted by Crippen LogP contribution is -2.34. The summed E-state index contributed by atoms with van der Waals surface area (Å²) in [4.78, 5) is 16.9. The number of hydrogen-bond donors (Lipinski definition) is 1. The van der Waals surface area contributed by atoms with Gasteiger partial charge in [0.2, 0.25) is 6.41 Å². The Hall–Kier alpha value is -3.09. The number of ether oxygens (including phenoxy) is 2. The number of aromatic nitrogens is 1. The van der Waals surface area contributed by atoms with Crippen molar-refractivity contribution in [3.63, 3.8) is 0 Å². The van der Waals surface area contributed by atoms with Gasteiger partial charge in [0.05, 0.1) is 12.6 Å². The largest absolute Gasteiger partial charge is 0.494 e. The van der Waals surface area contributed by atoms with E-state index in [0.717, 1.165) is 53.5 Å². The third kappa shape index (κ3) is 4.42. The molecule has 0 bridgehead atoms. The maximum atomic E-state index is 12.6. The van der Waals surface area contributed by atoms with Gasteiger partial charge in [0, 0.05) is 23.6 Å². The van der Waals surface area contributed by atoms with Crippen LogP contribution in [-0.4, -0.2) is 36.1 Å². The number of aromatic amines is 1. The number of nitrogens with zero attached hydrogens (tertiary/aromatic N) is 1. The number of halogens is 2. The molecular weight excluding hydrogens is 414 g/mol. The Kier molecular flexibility index (Phi) is 6.63. The highest BCUT2D eigenvalue weighted by Crippen LogP contribution is 2.37. The second-order valence-electron chi connectivity index (χ2n) is 7.99. The summed E-state index contributed by atoms with van der Waals surface area (Å²) >= 11 is 0. The van der Waals surface area contributed by atoms with E-state index < -0.39 is 6.61 Å². The molecular formula is C25H28F2N2O3. The average molecular weight is 443 g/mol. The molecule has 0 fully saturated rings. The Balaban J connectivity index is 1.62. The summed E-state index contributed by atoms with van der Waals surface area (Å²) in [7, 11) is 0. The summed E-state index contributed by atoms with van der Waals surface area (Å²) < 4.78 is 35.7. The van der Waals surface area contributed by atoms with Crippen LogP contribution in [0, 0.1) is 0 Å². The van der Waals surface area contributed by atoms with E-state index in [2.05, 4.69) is 28.8 Å². The van der Waals surface area contributed by atoms with Crippen molar-refractivity contribution in [1.82, 2.24) is 9.88 Å². The lowest BCUT2D eigenvalue weighted by atomic mass is 9.87. The number of nitrogens with one attached hydrogen (secondary N) is 1. The summed E-state index contributed by atoms with van der Waals surface area (Å²) in [5.74, 6) is 1.02. The first-order valence-corrected chi connectivity index (χ1v) is 11.1. The SMILES string of the molecule is CCOc1cc2c(cc1CC)CCN(C=O)C2CCc1c[nH]c2ccc(OC(F)F)cc12. The van der Waals surface area contributed by atoms with Gasteiger partial charge in [-0.2, -0.15) is 8.78 Å². The summed E-state index contributed by atoms with van der Waals surface area (Å²) in [6.45, 7) is 2.50. The standard InChI is InChI=1S/C25H28F2N2O3/c1-3-16-11-17-9-10-29(15-30)23(21(17)13-24(16)31-4-2)8-5-18-14-28-22-7-6-19(12-20(18)22)32-25(26)27/h6-7,11-15,23,25,28H,3-5,8-10H2,1-2H3. The van der Waals surface area contributed by atoms with Gasteiger partial charge in [-0.05, 0) is 79.1 Å². The van der Waals surface area contributed by atoms with Crippen LogP contribution in [0.2, 0.25) is 0 Å². The minimum absolute atomic E-state index is 0.0631. The predicted molar refractivity (Wildman–Crippen MR) is 119 cm³/mol. The lowest BCUT2D eigenvalue weighted by molar-refractivity contribution is -0.120. The fraction of sp³-hybridized carbons (Fsp3) is 0.400. The van der Waals surface area contributed by atoms with Crippen LogP contribution in [0.5, 0.6) is 11.5 Å². The van der Waals surface area contributed by atoms with Crippen molar-refractivity contribution in [3.05, 3.63) is 58.8 Å². The molecule has 32 heavy (non-hydrogen) atoms. The molecule has 3 aromatic rings. The fourth-order valence-electron chi connectivity index (χ4n) is 4.65. The molecule has 0 radical (unpaired) electrons. The molecule has 0 aliphatic carbocycles. The van der Waals surface area contributed by atoms with Gasteiger partial charge in [-0.25, -0.2) is 0 Å². The summed E-state index contributed by atoms with van der Waals surface area (Å²) in [6, 6.07) is 9.16. The number of carbonyl (C=O) groups excluding carboxylic acids is 1. The van der Waals surface area contributed by atoms with Crippen LogP contribution in [0.4, 0.5) is 8.78 Å². The molecule has 1 aliphatic rings. The van der Waals surface area contributed by atoms with Crippen LogP contribution in [0.1, 0.15) is 48.6 Å². The van der Waals surface area contributed by atoms with E-state index in [9.17, 15) is 13.6 Å². The molecule has 2 aromatic carbocycles. The van der Waals surface area contributed by atoms with E-state index in [1.807, 2.05) is 18.0 Å². The van der Waals surface area contributed by atoms with Gasteiger partial charge in [-0.3, -0.25) is 4.79 Å². The maximum absolute atomic E-state index is 12.6. The molecule has 7 heteroatoms. The number of aryl methyl sites for hydroxylation is 2. The Morgan fingerprint density at radius 1 is 1.22 bits per heavy atom. The van der Waals surface area contributed by atoms with Crippen LogP contribution >= 0.6 is 0 Å².